The highest BCUT2D eigenvalue weighted by atomic mass is 32.2. The van der Waals surface area contributed by atoms with Gasteiger partial charge in [-0.2, -0.15) is 4.99 Å². The molecule has 164 valence electrons. The molecule has 0 aromatic heterocycles. The summed E-state index contributed by atoms with van der Waals surface area (Å²) in [5.74, 6) is 0.668. The van der Waals surface area contributed by atoms with Crippen LogP contribution in [0.1, 0.15) is 25.3 Å². The number of nitrogens with zero attached hydrogens (tertiary/aromatic N) is 2. The molecule has 2 heterocycles. The first-order chi connectivity index (χ1) is 14.9. The molecule has 0 radical (unpaired) electrons. The van der Waals surface area contributed by atoms with E-state index >= 15 is 0 Å². The zero-order valence-electron chi connectivity index (χ0n) is 17.4. The maximum Gasteiger partial charge on any atom is 0.252 e. The van der Waals surface area contributed by atoms with E-state index in [-0.39, 0.29) is 35.1 Å². The molecule has 0 spiro atoms. The third-order valence-corrected chi connectivity index (χ3v) is 8.56. The molecule has 0 N–H and O–H groups in total. The molecule has 0 aliphatic carbocycles. The van der Waals surface area contributed by atoms with Crippen molar-refractivity contribution in [1.82, 2.24) is 0 Å². The Labute approximate surface area is 187 Å². The summed E-state index contributed by atoms with van der Waals surface area (Å²) in [4.78, 5) is 19.0. The Morgan fingerprint density at radius 1 is 1.16 bits per heavy atom. The fourth-order valence-corrected chi connectivity index (χ4v) is 7.77. The van der Waals surface area contributed by atoms with Crippen molar-refractivity contribution < 1.29 is 17.9 Å². The zero-order valence-corrected chi connectivity index (χ0v) is 19.1. The van der Waals surface area contributed by atoms with Crippen LogP contribution in [0.2, 0.25) is 0 Å². The zero-order chi connectivity index (χ0) is 21.8. The first kappa shape index (κ1) is 21.9. The number of hydrogen-bond acceptors (Lipinski definition) is 5. The number of benzene rings is 2. The number of sulfone groups is 1. The van der Waals surface area contributed by atoms with E-state index in [0.29, 0.717) is 11.8 Å². The summed E-state index contributed by atoms with van der Waals surface area (Å²) in [6.45, 7) is 2.74. The largest absolute Gasteiger partial charge is 0.494 e. The second kappa shape index (κ2) is 9.44. The summed E-state index contributed by atoms with van der Waals surface area (Å²) in [6, 6.07) is 16.9. The van der Waals surface area contributed by atoms with Crippen LogP contribution in [0.3, 0.4) is 0 Å². The van der Waals surface area contributed by atoms with Gasteiger partial charge in [-0.25, -0.2) is 8.42 Å². The van der Waals surface area contributed by atoms with Crippen molar-refractivity contribution in [2.75, 3.05) is 23.0 Å². The minimum Gasteiger partial charge on any atom is -0.494 e. The molecule has 2 aromatic carbocycles. The summed E-state index contributed by atoms with van der Waals surface area (Å²) < 4.78 is 30.4. The highest BCUT2D eigenvalue weighted by molar-refractivity contribution is 8.16. The smallest absolute Gasteiger partial charge is 0.252 e. The van der Waals surface area contributed by atoms with Gasteiger partial charge in [-0.1, -0.05) is 61.5 Å². The summed E-state index contributed by atoms with van der Waals surface area (Å²) in [5, 5.41) is 0.439. The molecule has 4 rings (SSSR count). The van der Waals surface area contributed by atoms with E-state index in [1.165, 1.54) is 11.8 Å². The van der Waals surface area contributed by atoms with Crippen LogP contribution in [-0.2, 0) is 21.1 Å². The number of fused-ring (bicyclic) bond motifs is 1. The monoisotopic (exact) mass is 458 g/mol. The number of aliphatic imine (C=N–C) groups is 1. The Bertz CT molecular complexity index is 1070. The number of ether oxygens (including phenoxy) is 1. The molecule has 1 amide bonds. The molecule has 0 unspecified atom stereocenters. The van der Waals surface area contributed by atoms with Gasteiger partial charge in [0.1, 0.15) is 5.75 Å². The molecular weight excluding hydrogens is 432 g/mol. The first-order valence-electron chi connectivity index (χ1n) is 10.5. The summed E-state index contributed by atoms with van der Waals surface area (Å²) in [6.07, 6.45) is 2.23. The van der Waals surface area contributed by atoms with Crippen molar-refractivity contribution in [3.8, 4) is 5.75 Å². The molecular formula is C23H26N2O4S2. The molecule has 2 aliphatic rings. The molecule has 0 saturated carbocycles. The number of unbranched alkanes of at least 4 members (excludes halogenated alkanes) is 1. The number of hydrogen-bond donors (Lipinski definition) is 0. The van der Waals surface area contributed by atoms with Crippen molar-refractivity contribution in [2.45, 2.75) is 37.5 Å². The van der Waals surface area contributed by atoms with E-state index < -0.39 is 9.84 Å². The van der Waals surface area contributed by atoms with Gasteiger partial charge in [-0.15, -0.1) is 0 Å². The predicted octanol–water partition coefficient (Wildman–Crippen LogP) is 3.71. The van der Waals surface area contributed by atoms with Crippen molar-refractivity contribution in [1.29, 1.82) is 0 Å². The van der Waals surface area contributed by atoms with Crippen LogP contribution in [0.15, 0.2) is 59.6 Å². The lowest BCUT2D eigenvalue weighted by atomic mass is 10.1. The second-order valence-corrected chi connectivity index (χ2v) is 11.2. The van der Waals surface area contributed by atoms with E-state index in [2.05, 4.69) is 11.9 Å². The van der Waals surface area contributed by atoms with Gasteiger partial charge in [0.05, 0.1) is 30.6 Å². The summed E-state index contributed by atoms with van der Waals surface area (Å²) in [7, 11) is -3.11. The number of carbonyl (C=O) groups is 1. The van der Waals surface area contributed by atoms with Crippen LogP contribution in [-0.4, -0.2) is 48.9 Å². The second-order valence-electron chi connectivity index (χ2n) is 7.82. The van der Waals surface area contributed by atoms with Gasteiger partial charge >= 0.3 is 0 Å². The van der Waals surface area contributed by atoms with Crippen LogP contribution < -0.4 is 9.64 Å². The lowest BCUT2D eigenvalue weighted by molar-refractivity contribution is -0.117. The van der Waals surface area contributed by atoms with Crippen LogP contribution >= 0.6 is 11.8 Å². The van der Waals surface area contributed by atoms with Crippen LogP contribution in [0.25, 0.3) is 0 Å². The van der Waals surface area contributed by atoms with E-state index in [4.69, 9.17) is 4.74 Å². The highest BCUT2D eigenvalue weighted by Crippen LogP contribution is 2.41. The SMILES string of the molecule is CCCCOc1cccc(N2C(=NC(=O)Cc3ccccc3)S[C@@H]3CS(=O)(=O)C[C@H]32)c1. The number of amidine groups is 1. The predicted molar refractivity (Wildman–Crippen MR) is 126 cm³/mol. The molecule has 2 saturated heterocycles. The molecule has 2 aromatic rings. The minimum atomic E-state index is -3.11. The van der Waals surface area contributed by atoms with Crippen molar-refractivity contribution in [2.24, 2.45) is 4.99 Å². The maximum absolute atomic E-state index is 12.7. The Balaban J connectivity index is 1.61. The normalized spacial score (nSPS) is 23.1. The van der Waals surface area contributed by atoms with Gasteiger partial charge in [-0.3, -0.25) is 4.79 Å². The summed E-state index contributed by atoms with van der Waals surface area (Å²) >= 11 is 1.39. The summed E-state index contributed by atoms with van der Waals surface area (Å²) in [5.41, 5.74) is 1.71. The standard InChI is InChI=1S/C23H26N2O4S2/c1-2-3-12-29-19-11-7-10-18(14-19)25-20-15-31(27,28)16-21(20)30-23(25)24-22(26)13-17-8-5-4-6-9-17/h4-11,14,20-21H,2-3,12-13,15-16H2,1H3/t20-,21-/m1/s1. The average Bonchev–Trinajstić information content (AvgIpc) is 3.19. The Hall–Kier alpha value is -2.32. The van der Waals surface area contributed by atoms with Crippen molar-refractivity contribution in [3.05, 3.63) is 60.2 Å². The molecule has 31 heavy (non-hydrogen) atoms. The Morgan fingerprint density at radius 2 is 1.97 bits per heavy atom. The van der Waals surface area contributed by atoms with Crippen LogP contribution in [0.4, 0.5) is 5.69 Å². The van der Waals surface area contributed by atoms with Gasteiger partial charge in [-0.05, 0) is 24.1 Å². The average molecular weight is 459 g/mol. The number of carbonyl (C=O) groups excluding carboxylic acids is 1. The Morgan fingerprint density at radius 3 is 2.74 bits per heavy atom. The van der Waals surface area contributed by atoms with Gasteiger partial charge in [0.15, 0.2) is 15.0 Å². The first-order valence-corrected chi connectivity index (χ1v) is 13.2. The quantitative estimate of drug-likeness (QED) is 0.589. The number of rotatable bonds is 7. The van der Waals surface area contributed by atoms with Gasteiger partial charge in [0.25, 0.3) is 5.91 Å². The van der Waals surface area contributed by atoms with Crippen LogP contribution in [0.5, 0.6) is 5.75 Å². The molecule has 2 fully saturated rings. The van der Waals surface area contributed by atoms with E-state index in [1.807, 2.05) is 59.5 Å². The number of amides is 1. The Kier molecular flexibility index (Phi) is 6.67. The molecule has 8 heteroatoms. The maximum atomic E-state index is 12.7. The van der Waals surface area contributed by atoms with E-state index in [0.717, 1.165) is 29.8 Å². The number of thioether (sulfide) groups is 1. The van der Waals surface area contributed by atoms with Gasteiger partial charge < -0.3 is 9.64 Å². The van der Waals surface area contributed by atoms with E-state index in [1.54, 1.807) is 0 Å². The van der Waals surface area contributed by atoms with Gasteiger partial charge in [0, 0.05) is 17.0 Å². The number of anilines is 1. The third kappa shape index (κ3) is 5.30. The lowest BCUT2D eigenvalue weighted by Gasteiger charge is -2.25. The van der Waals surface area contributed by atoms with Crippen LogP contribution in [0, 0.1) is 0 Å². The third-order valence-electron chi connectivity index (χ3n) is 5.35. The molecule has 6 nitrogen and oxygen atoms in total. The minimum absolute atomic E-state index is 0.0669. The topological polar surface area (TPSA) is 76.0 Å². The van der Waals surface area contributed by atoms with Crippen molar-refractivity contribution in [3.63, 3.8) is 0 Å². The highest BCUT2D eigenvalue weighted by Gasteiger charge is 2.49. The molecule has 2 aliphatic heterocycles. The fraction of sp³-hybridized carbons (Fsp3) is 0.391. The molecule has 2 atom stereocenters. The molecule has 0 bridgehead atoms. The van der Waals surface area contributed by atoms with Crippen molar-refractivity contribution >= 4 is 38.4 Å². The van der Waals surface area contributed by atoms with Gasteiger partial charge in [0.2, 0.25) is 0 Å². The lowest BCUT2D eigenvalue weighted by Crippen LogP contribution is -2.37. The fourth-order valence-electron chi connectivity index (χ4n) is 3.84. The van der Waals surface area contributed by atoms with E-state index in [9.17, 15) is 13.2 Å².